The first-order valence-corrected chi connectivity index (χ1v) is 8.81. The second-order valence-electron chi connectivity index (χ2n) is 6.10. The number of ether oxygens (including phenoxy) is 3. The number of aromatic hydroxyl groups is 2. The molecule has 0 aliphatic heterocycles. The zero-order valence-electron chi connectivity index (χ0n) is 16.3. The first-order valence-electron chi connectivity index (χ1n) is 8.81. The molecule has 2 aromatic carbocycles. The van der Waals surface area contributed by atoms with E-state index in [4.69, 9.17) is 4.74 Å². The number of hydrogen-bond acceptors (Lipinski definition) is 9. The van der Waals surface area contributed by atoms with Crippen molar-refractivity contribution < 1.29 is 44.2 Å². The summed E-state index contributed by atoms with van der Waals surface area (Å²) in [6.07, 6.45) is -1.89. The van der Waals surface area contributed by atoms with Crippen molar-refractivity contribution in [3.05, 3.63) is 36.4 Å². The minimum atomic E-state index is -0.945. The molecule has 9 heteroatoms. The standard InChI is InChI=1S/C10H18O7.C10H8O2/c1-7(11)16-5-9(13)3-15-4-10(14)6-17-8(2)12;11-9-5-1-3-7-8(9)4-2-6-10(7)12/h9-10,13-14H,3-6H2,1-2H3;1-6,11-12H. The van der Waals surface area contributed by atoms with Gasteiger partial charge in [-0.05, 0) is 12.1 Å². The average molecular weight is 410 g/mol. The van der Waals surface area contributed by atoms with Crippen molar-refractivity contribution in [2.24, 2.45) is 0 Å². The summed E-state index contributed by atoms with van der Waals surface area (Å²) in [6, 6.07) is 10.1. The van der Waals surface area contributed by atoms with E-state index in [1.54, 1.807) is 36.4 Å². The zero-order chi connectivity index (χ0) is 21.8. The summed E-state index contributed by atoms with van der Waals surface area (Å²) >= 11 is 0. The zero-order valence-corrected chi connectivity index (χ0v) is 16.3. The van der Waals surface area contributed by atoms with E-state index < -0.39 is 24.1 Å². The van der Waals surface area contributed by atoms with Gasteiger partial charge in [0, 0.05) is 24.6 Å². The molecule has 0 aromatic heterocycles. The maximum absolute atomic E-state index is 10.4. The van der Waals surface area contributed by atoms with Crippen LogP contribution < -0.4 is 0 Å². The molecule has 0 aliphatic rings. The van der Waals surface area contributed by atoms with Crippen LogP contribution in [0.4, 0.5) is 0 Å². The number of phenolic OH excluding ortho intramolecular Hbond substituents is 2. The van der Waals surface area contributed by atoms with Crippen molar-refractivity contribution in [1.29, 1.82) is 0 Å². The van der Waals surface area contributed by atoms with Crippen LogP contribution in [0.3, 0.4) is 0 Å². The molecule has 0 fully saturated rings. The van der Waals surface area contributed by atoms with Gasteiger partial charge in [0.25, 0.3) is 0 Å². The maximum atomic E-state index is 10.4. The minimum Gasteiger partial charge on any atom is -0.507 e. The summed E-state index contributed by atoms with van der Waals surface area (Å²) in [4.78, 5) is 20.8. The number of phenols is 2. The van der Waals surface area contributed by atoms with Crippen LogP contribution in [0.1, 0.15) is 13.8 Å². The lowest BCUT2D eigenvalue weighted by Crippen LogP contribution is -2.28. The molecule has 9 nitrogen and oxygen atoms in total. The molecule has 0 spiro atoms. The number of esters is 2. The third-order valence-electron chi connectivity index (χ3n) is 3.45. The predicted molar refractivity (Wildman–Crippen MR) is 103 cm³/mol. The normalized spacial score (nSPS) is 12.4. The Hall–Kier alpha value is -2.88. The molecular formula is C20H26O9. The van der Waals surface area contributed by atoms with Gasteiger partial charge in [0.15, 0.2) is 0 Å². The van der Waals surface area contributed by atoms with E-state index >= 15 is 0 Å². The van der Waals surface area contributed by atoms with Crippen LogP contribution in [0.2, 0.25) is 0 Å². The summed E-state index contributed by atoms with van der Waals surface area (Å²) in [6.45, 7) is 1.99. The highest BCUT2D eigenvalue weighted by Crippen LogP contribution is 2.29. The lowest BCUT2D eigenvalue weighted by atomic mass is 10.1. The Kier molecular flexibility index (Phi) is 10.5. The molecule has 29 heavy (non-hydrogen) atoms. The number of rotatable bonds is 8. The SMILES string of the molecule is CC(=O)OCC(O)COCC(O)COC(C)=O.Oc1cccc2c(O)cccc12. The highest BCUT2D eigenvalue weighted by molar-refractivity contribution is 5.92. The van der Waals surface area contributed by atoms with Crippen LogP contribution in [-0.4, -0.2) is 71.0 Å². The summed E-state index contributed by atoms with van der Waals surface area (Å²) in [7, 11) is 0. The van der Waals surface area contributed by atoms with E-state index in [0.29, 0.717) is 10.8 Å². The fraction of sp³-hybridized carbons (Fsp3) is 0.400. The van der Waals surface area contributed by atoms with Crippen LogP contribution in [0, 0.1) is 0 Å². The molecule has 0 bridgehead atoms. The topological polar surface area (TPSA) is 143 Å². The Morgan fingerprint density at radius 1 is 0.759 bits per heavy atom. The van der Waals surface area contributed by atoms with Crippen LogP contribution in [0.25, 0.3) is 10.8 Å². The van der Waals surface area contributed by atoms with E-state index in [9.17, 15) is 30.0 Å². The van der Waals surface area contributed by atoms with Gasteiger partial charge in [-0.15, -0.1) is 0 Å². The monoisotopic (exact) mass is 410 g/mol. The molecule has 2 rings (SSSR count). The number of aliphatic hydroxyl groups is 2. The van der Waals surface area contributed by atoms with Crippen LogP contribution in [0.5, 0.6) is 11.5 Å². The minimum absolute atomic E-state index is 0.0790. The predicted octanol–water partition coefficient (Wildman–Crippen LogP) is 1.10. The Morgan fingerprint density at radius 3 is 1.48 bits per heavy atom. The fourth-order valence-corrected chi connectivity index (χ4v) is 2.14. The van der Waals surface area contributed by atoms with Gasteiger partial charge >= 0.3 is 11.9 Å². The molecule has 2 atom stereocenters. The van der Waals surface area contributed by atoms with Crippen molar-refractivity contribution in [3.8, 4) is 11.5 Å². The molecule has 2 unspecified atom stereocenters. The second kappa shape index (κ2) is 12.6. The van der Waals surface area contributed by atoms with Crippen molar-refractivity contribution in [2.75, 3.05) is 26.4 Å². The Labute approximate surface area is 168 Å². The molecule has 160 valence electrons. The van der Waals surface area contributed by atoms with Gasteiger partial charge in [0.05, 0.1) is 13.2 Å². The highest BCUT2D eigenvalue weighted by Gasteiger charge is 2.10. The lowest BCUT2D eigenvalue weighted by Gasteiger charge is -2.14. The Balaban J connectivity index is 0.000000304. The second-order valence-corrected chi connectivity index (χ2v) is 6.10. The molecule has 0 saturated carbocycles. The van der Waals surface area contributed by atoms with Crippen molar-refractivity contribution in [1.82, 2.24) is 0 Å². The first-order chi connectivity index (χ1) is 13.7. The maximum Gasteiger partial charge on any atom is 0.302 e. The smallest absolute Gasteiger partial charge is 0.302 e. The molecule has 0 aliphatic carbocycles. The molecule has 0 saturated heterocycles. The summed E-state index contributed by atoms with van der Waals surface area (Å²) in [5.41, 5.74) is 0. The van der Waals surface area contributed by atoms with Crippen LogP contribution >= 0.6 is 0 Å². The van der Waals surface area contributed by atoms with Crippen LogP contribution in [0.15, 0.2) is 36.4 Å². The number of fused-ring (bicyclic) bond motifs is 1. The van der Waals surface area contributed by atoms with Crippen molar-refractivity contribution in [2.45, 2.75) is 26.1 Å². The molecule has 0 radical (unpaired) electrons. The lowest BCUT2D eigenvalue weighted by molar-refractivity contribution is -0.146. The largest absolute Gasteiger partial charge is 0.507 e. The number of carbonyl (C=O) groups is 2. The van der Waals surface area contributed by atoms with Crippen LogP contribution in [-0.2, 0) is 23.8 Å². The first kappa shape index (κ1) is 24.2. The van der Waals surface area contributed by atoms with Crippen molar-refractivity contribution in [3.63, 3.8) is 0 Å². The number of carbonyl (C=O) groups excluding carboxylic acids is 2. The molecule has 0 heterocycles. The van der Waals surface area contributed by atoms with Gasteiger partial charge in [-0.2, -0.15) is 0 Å². The van der Waals surface area contributed by atoms with E-state index in [2.05, 4.69) is 9.47 Å². The molecule has 4 N–H and O–H groups in total. The van der Waals surface area contributed by atoms with E-state index in [0.717, 1.165) is 0 Å². The molecule has 2 aromatic rings. The summed E-state index contributed by atoms with van der Waals surface area (Å²) in [5, 5.41) is 38.6. The highest BCUT2D eigenvalue weighted by atomic mass is 16.6. The quantitative estimate of drug-likeness (QED) is 0.470. The molecular weight excluding hydrogens is 384 g/mol. The summed E-state index contributed by atoms with van der Waals surface area (Å²) < 4.78 is 14.0. The van der Waals surface area contributed by atoms with Gasteiger partial charge in [0.2, 0.25) is 0 Å². The van der Waals surface area contributed by atoms with E-state index in [1.807, 2.05) is 0 Å². The van der Waals surface area contributed by atoms with Crippen molar-refractivity contribution >= 4 is 22.7 Å². The fourth-order valence-electron chi connectivity index (χ4n) is 2.14. The summed E-state index contributed by atoms with van der Waals surface area (Å²) in [5.74, 6) is -0.579. The number of aliphatic hydroxyl groups excluding tert-OH is 2. The number of hydrogen-bond donors (Lipinski definition) is 4. The van der Waals surface area contributed by atoms with E-state index in [1.165, 1.54) is 13.8 Å². The van der Waals surface area contributed by atoms with Gasteiger partial charge in [-0.25, -0.2) is 0 Å². The average Bonchev–Trinajstić information content (AvgIpc) is 2.66. The molecule has 0 amide bonds. The van der Waals surface area contributed by atoms with Gasteiger partial charge in [0.1, 0.15) is 36.9 Å². The van der Waals surface area contributed by atoms with Gasteiger partial charge in [-0.3, -0.25) is 9.59 Å². The van der Waals surface area contributed by atoms with Gasteiger partial charge in [-0.1, -0.05) is 24.3 Å². The van der Waals surface area contributed by atoms with Gasteiger partial charge < -0.3 is 34.6 Å². The third kappa shape index (κ3) is 9.74. The third-order valence-corrected chi connectivity index (χ3v) is 3.45. The Morgan fingerprint density at radius 2 is 1.14 bits per heavy atom. The Bertz CT molecular complexity index is 725. The number of benzene rings is 2. The van der Waals surface area contributed by atoms with E-state index in [-0.39, 0.29) is 37.9 Å².